The fraction of sp³-hybridized carbons (Fsp3) is 1.00. The van der Waals surface area contributed by atoms with Crippen LogP contribution >= 0.6 is 15.6 Å². The van der Waals surface area contributed by atoms with E-state index in [2.05, 4.69) is 8.83 Å². The average Bonchev–Trinajstić information content (AvgIpc) is 1.96. The lowest BCUT2D eigenvalue weighted by Gasteiger charge is -2.32. The average molecular weight is 277 g/mol. The molecule has 0 aliphatic carbocycles. The van der Waals surface area contributed by atoms with Gasteiger partial charge in [-0.25, -0.2) is 9.13 Å². The molecule has 0 saturated heterocycles. The van der Waals surface area contributed by atoms with Gasteiger partial charge in [0, 0.05) is 5.54 Å². The van der Waals surface area contributed by atoms with Crippen LogP contribution in [-0.4, -0.2) is 45.8 Å². The molecule has 1 unspecified atom stereocenters. The van der Waals surface area contributed by atoms with Crippen LogP contribution < -0.4 is 0 Å². The highest BCUT2D eigenvalue weighted by atomic mass is 31.3. The van der Waals surface area contributed by atoms with Gasteiger partial charge >= 0.3 is 15.6 Å². The molecule has 0 aliphatic heterocycles. The summed E-state index contributed by atoms with van der Waals surface area (Å²) in [5.41, 5.74) is -0.573. The molecule has 8 nitrogen and oxygen atoms in total. The highest BCUT2D eigenvalue weighted by molar-refractivity contribution is 7.60. The molecular weight excluding hydrogens is 260 g/mol. The zero-order valence-electron chi connectivity index (χ0n) is 9.52. The first-order valence-electron chi connectivity index (χ1n) is 4.27. The Morgan fingerprint density at radius 1 is 1.19 bits per heavy atom. The maximum absolute atomic E-state index is 11.1. The van der Waals surface area contributed by atoms with Gasteiger partial charge in [0.25, 0.3) is 0 Å². The van der Waals surface area contributed by atoms with E-state index in [0.29, 0.717) is 0 Å². The van der Waals surface area contributed by atoms with Gasteiger partial charge in [-0.05, 0) is 27.9 Å². The van der Waals surface area contributed by atoms with Crippen molar-refractivity contribution in [1.29, 1.82) is 0 Å². The van der Waals surface area contributed by atoms with Crippen molar-refractivity contribution in [3.63, 3.8) is 0 Å². The Hall–Kier alpha value is 0.220. The Labute approximate surface area is 94.0 Å². The Morgan fingerprint density at radius 3 is 1.94 bits per heavy atom. The second-order valence-electron chi connectivity index (χ2n) is 4.02. The molecule has 0 spiro atoms. The molecule has 98 valence electrons. The van der Waals surface area contributed by atoms with E-state index in [1.807, 2.05) is 0 Å². The molecular formula is C6H17NO7P2. The number of hydrogen-bond acceptors (Lipinski definition) is 5. The minimum absolute atomic E-state index is 0.215. The Kier molecular flexibility index (Phi) is 5.32. The molecule has 3 N–H and O–H groups in total. The van der Waals surface area contributed by atoms with Crippen molar-refractivity contribution in [2.75, 3.05) is 20.7 Å². The molecule has 0 aromatic heterocycles. The van der Waals surface area contributed by atoms with Gasteiger partial charge in [-0.2, -0.15) is 4.31 Å². The quantitative estimate of drug-likeness (QED) is 0.603. The SMILES string of the molecule is CN(C)C(C)(C)COP(=O)(O)OP(=O)(O)O. The second-order valence-corrected chi connectivity index (χ2v) is 6.85. The maximum Gasteiger partial charge on any atom is 0.481 e. The van der Waals surface area contributed by atoms with Crippen molar-refractivity contribution in [2.24, 2.45) is 0 Å². The predicted molar refractivity (Wildman–Crippen MR) is 56.7 cm³/mol. The minimum Gasteiger partial charge on any atom is -0.302 e. The maximum atomic E-state index is 11.1. The number of phosphoric ester groups is 1. The molecule has 1 atom stereocenters. The number of likely N-dealkylation sites (N-methyl/N-ethyl adjacent to an activating group) is 1. The molecule has 0 rings (SSSR count). The highest BCUT2D eigenvalue weighted by Crippen LogP contribution is 2.57. The largest absolute Gasteiger partial charge is 0.481 e. The van der Waals surface area contributed by atoms with E-state index in [-0.39, 0.29) is 6.61 Å². The van der Waals surface area contributed by atoms with Crippen LogP contribution in [0.15, 0.2) is 0 Å². The van der Waals surface area contributed by atoms with Crippen LogP contribution in [0, 0.1) is 0 Å². The van der Waals surface area contributed by atoms with Gasteiger partial charge in [-0.1, -0.05) is 0 Å². The van der Waals surface area contributed by atoms with Crippen molar-refractivity contribution in [1.82, 2.24) is 4.90 Å². The second kappa shape index (κ2) is 5.25. The molecule has 0 fully saturated rings. The van der Waals surface area contributed by atoms with Gasteiger partial charge < -0.3 is 19.6 Å². The molecule has 16 heavy (non-hydrogen) atoms. The van der Waals surface area contributed by atoms with Crippen LogP contribution in [0.3, 0.4) is 0 Å². The highest BCUT2D eigenvalue weighted by Gasteiger charge is 2.34. The summed E-state index contributed by atoms with van der Waals surface area (Å²) in [6, 6.07) is 0. The lowest BCUT2D eigenvalue weighted by Crippen LogP contribution is -2.42. The van der Waals surface area contributed by atoms with Crippen LogP contribution in [0.2, 0.25) is 0 Å². The van der Waals surface area contributed by atoms with E-state index in [1.54, 1.807) is 32.8 Å². The van der Waals surface area contributed by atoms with Gasteiger partial charge in [-0.15, -0.1) is 0 Å². The van der Waals surface area contributed by atoms with Crippen molar-refractivity contribution in [3.05, 3.63) is 0 Å². The summed E-state index contributed by atoms with van der Waals surface area (Å²) in [7, 11) is -6.32. The molecule has 10 heteroatoms. The zero-order valence-corrected chi connectivity index (χ0v) is 11.3. The number of nitrogens with zero attached hydrogens (tertiary/aromatic N) is 1. The molecule has 0 aromatic carbocycles. The van der Waals surface area contributed by atoms with E-state index in [4.69, 9.17) is 14.7 Å². The van der Waals surface area contributed by atoms with E-state index in [0.717, 1.165) is 0 Å². The third-order valence-corrected chi connectivity index (χ3v) is 4.13. The predicted octanol–water partition coefficient (Wildman–Crippen LogP) is 0.553. The third-order valence-electron chi connectivity index (χ3n) is 2.00. The Balaban J connectivity index is 4.41. The van der Waals surface area contributed by atoms with Gasteiger partial charge in [0.15, 0.2) is 0 Å². The molecule has 0 heterocycles. The summed E-state index contributed by atoms with van der Waals surface area (Å²) in [6.45, 7) is 3.24. The Morgan fingerprint density at radius 2 is 1.62 bits per heavy atom. The number of hydrogen-bond donors (Lipinski definition) is 3. The monoisotopic (exact) mass is 277 g/mol. The van der Waals surface area contributed by atoms with Crippen molar-refractivity contribution in [2.45, 2.75) is 19.4 Å². The molecule has 0 radical (unpaired) electrons. The van der Waals surface area contributed by atoms with E-state index in [9.17, 15) is 9.13 Å². The smallest absolute Gasteiger partial charge is 0.302 e. The first kappa shape index (κ1) is 16.2. The standard InChI is InChI=1S/C6H17NO7P2/c1-6(2,7(3)4)5-13-16(11,12)14-15(8,9)10/h5H2,1-4H3,(H,11,12)(H2,8,9,10). The van der Waals surface area contributed by atoms with E-state index >= 15 is 0 Å². The topological polar surface area (TPSA) is 117 Å². The van der Waals surface area contributed by atoms with Crippen molar-refractivity contribution >= 4 is 15.6 Å². The zero-order chi connectivity index (χ0) is 13.2. The van der Waals surface area contributed by atoms with Crippen LogP contribution in [-0.2, 0) is 18.0 Å². The molecule has 0 bridgehead atoms. The molecule has 0 amide bonds. The van der Waals surface area contributed by atoms with E-state index in [1.165, 1.54) is 0 Å². The summed E-state index contributed by atoms with van der Waals surface area (Å²) in [5, 5.41) is 0. The van der Waals surface area contributed by atoms with Gasteiger partial charge in [0.2, 0.25) is 0 Å². The van der Waals surface area contributed by atoms with Crippen LogP contribution in [0.25, 0.3) is 0 Å². The van der Waals surface area contributed by atoms with Crippen molar-refractivity contribution in [3.8, 4) is 0 Å². The Bertz CT molecular complexity index is 323. The molecule has 0 aliphatic rings. The lowest BCUT2D eigenvalue weighted by molar-refractivity contribution is 0.0867. The summed E-state index contributed by atoms with van der Waals surface area (Å²) in [4.78, 5) is 27.4. The fourth-order valence-corrected chi connectivity index (χ4v) is 2.27. The molecule has 0 saturated carbocycles. The summed E-state index contributed by atoms with van der Waals surface area (Å²) in [5.74, 6) is 0. The van der Waals surface area contributed by atoms with E-state index < -0.39 is 21.2 Å². The van der Waals surface area contributed by atoms with Gasteiger partial charge in [0.05, 0.1) is 6.61 Å². The lowest BCUT2D eigenvalue weighted by atomic mass is 10.1. The third kappa shape index (κ3) is 6.73. The van der Waals surface area contributed by atoms with Crippen molar-refractivity contribution < 1.29 is 32.6 Å². The number of rotatable bonds is 6. The first-order valence-corrected chi connectivity index (χ1v) is 7.30. The first-order chi connectivity index (χ1) is 6.86. The van der Waals surface area contributed by atoms with Crippen LogP contribution in [0.1, 0.15) is 13.8 Å². The number of phosphoric acid groups is 2. The fourth-order valence-electron chi connectivity index (χ4n) is 0.527. The van der Waals surface area contributed by atoms with Gasteiger partial charge in [-0.3, -0.25) is 4.52 Å². The normalized spacial score (nSPS) is 17.5. The van der Waals surface area contributed by atoms with Crippen LogP contribution in [0.5, 0.6) is 0 Å². The molecule has 0 aromatic rings. The summed E-state index contributed by atoms with van der Waals surface area (Å²) in [6.07, 6.45) is 0. The summed E-state index contributed by atoms with van der Waals surface area (Å²) < 4.78 is 29.6. The summed E-state index contributed by atoms with van der Waals surface area (Å²) >= 11 is 0. The minimum atomic E-state index is -5.04. The van der Waals surface area contributed by atoms with Crippen LogP contribution in [0.4, 0.5) is 0 Å². The van der Waals surface area contributed by atoms with Gasteiger partial charge in [0.1, 0.15) is 0 Å².